The summed E-state index contributed by atoms with van der Waals surface area (Å²) in [5, 5.41) is 10.6. The van der Waals surface area contributed by atoms with E-state index in [0.717, 1.165) is 42.6 Å². The third-order valence-corrected chi connectivity index (χ3v) is 6.44. The van der Waals surface area contributed by atoms with Crippen LogP contribution in [0.1, 0.15) is 35.2 Å². The number of nitrogens with zero attached hydrogens (tertiary/aromatic N) is 4. The van der Waals surface area contributed by atoms with Crippen LogP contribution in [-0.4, -0.2) is 64.0 Å². The van der Waals surface area contributed by atoms with Crippen molar-refractivity contribution in [3.8, 4) is 16.8 Å². The fraction of sp³-hybridized carbons (Fsp3) is 0.400. The zero-order valence-corrected chi connectivity index (χ0v) is 19.3. The summed E-state index contributed by atoms with van der Waals surface area (Å²) in [5.41, 5.74) is 3.69. The number of alkyl halides is 1. The molecule has 0 bridgehead atoms. The maximum absolute atomic E-state index is 14.5. The van der Waals surface area contributed by atoms with Gasteiger partial charge in [-0.1, -0.05) is 0 Å². The number of anilines is 1. The molecule has 2 atom stereocenters. The van der Waals surface area contributed by atoms with Crippen LogP contribution < -0.4 is 10.6 Å². The standard InChI is InChI=1S/C25H28F2N6O/c1-15-7-21(26)20(25(34)31-18-3-4-18)9-24(15)33-13-17(11-29-33)16-8-19(12-28-10-16)30-23-5-6-32(2)14-22(23)27/h7-13,18,22-23,30H,3-6,14H2,1-2H3,(H,31,34)/t22-,23+/m0/s1. The summed E-state index contributed by atoms with van der Waals surface area (Å²) < 4.78 is 30.6. The van der Waals surface area contributed by atoms with E-state index in [2.05, 4.69) is 20.7 Å². The maximum atomic E-state index is 14.5. The highest BCUT2D eigenvalue weighted by Gasteiger charge is 2.28. The average Bonchev–Trinajstić information content (AvgIpc) is 3.48. The number of aryl methyl sites for hydroxylation is 1. The summed E-state index contributed by atoms with van der Waals surface area (Å²) in [5.74, 6) is -0.952. The van der Waals surface area contributed by atoms with E-state index >= 15 is 0 Å². The fourth-order valence-electron chi connectivity index (χ4n) is 4.29. The molecule has 1 aliphatic heterocycles. The molecule has 0 unspecified atom stereocenters. The summed E-state index contributed by atoms with van der Waals surface area (Å²) in [6.07, 6.45) is 8.56. The topological polar surface area (TPSA) is 75.1 Å². The van der Waals surface area contributed by atoms with Gasteiger partial charge in [0.25, 0.3) is 5.91 Å². The van der Waals surface area contributed by atoms with Crippen LogP contribution in [0, 0.1) is 12.7 Å². The number of nitrogens with one attached hydrogen (secondary N) is 2. The van der Waals surface area contributed by atoms with Crippen LogP contribution in [-0.2, 0) is 0 Å². The number of aromatic nitrogens is 3. The molecule has 0 radical (unpaired) electrons. The molecule has 2 N–H and O–H groups in total. The van der Waals surface area contributed by atoms with E-state index in [9.17, 15) is 13.6 Å². The first-order chi connectivity index (χ1) is 16.4. The Kier molecular flexibility index (Phi) is 6.03. The van der Waals surface area contributed by atoms with Crippen LogP contribution in [0.2, 0.25) is 0 Å². The van der Waals surface area contributed by atoms with Crippen molar-refractivity contribution in [2.45, 2.75) is 44.4 Å². The molecule has 1 saturated heterocycles. The molecule has 178 valence electrons. The molecule has 2 fully saturated rings. The molecule has 0 spiro atoms. The number of carbonyl (C=O) groups is 1. The summed E-state index contributed by atoms with van der Waals surface area (Å²) >= 11 is 0. The van der Waals surface area contributed by atoms with E-state index in [-0.39, 0.29) is 17.6 Å². The highest BCUT2D eigenvalue weighted by Crippen LogP contribution is 2.27. The van der Waals surface area contributed by atoms with Gasteiger partial charge in [-0.3, -0.25) is 9.78 Å². The van der Waals surface area contributed by atoms with Gasteiger partial charge in [0.1, 0.15) is 12.0 Å². The van der Waals surface area contributed by atoms with Gasteiger partial charge in [-0.05, 0) is 57.0 Å². The molecule has 1 saturated carbocycles. The molecule has 2 aliphatic rings. The molecule has 34 heavy (non-hydrogen) atoms. The smallest absolute Gasteiger partial charge is 0.254 e. The minimum Gasteiger partial charge on any atom is -0.378 e. The van der Waals surface area contributed by atoms with Crippen LogP contribution >= 0.6 is 0 Å². The summed E-state index contributed by atoms with van der Waals surface area (Å²) in [7, 11) is 1.92. The van der Waals surface area contributed by atoms with Crippen LogP contribution in [0.15, 0.2) is 43.0 Å². The van der Waals surface area contributed by atoms with Gasteiger partial charge >= 0.3 is 0 Å². The maximum Gasteiger partial charge on any atom is 0.254 e. The van der Waals surface area contributed by atoms with Gasteiger partial charge in [-0.2, -0.15) is 5.10 Å². The zero-order valence-electron chi connectivity index (χ0n) is 19.3. The van der Waals surface area contributed by atoms with Crippen molar-refractivity contribution in [1.29, 1.82) is 0 Å². The van der Waals surface area contributed by atoms with Crippen molar-refractivity contribution in [2.75, 3.05) is 25.5 Å². The van der Waals surface area contributed by atoms with Gasteiger partial charge in [0.2, 0.25) is 0 Å². The lowest BCUT2D eigenvalue weighted by Gasteiger charge is -2.33. The minimum atomic E-state index is -0.946. The highest BCUT2D eigenvalue weighted by molar-refractivity contribution is 5.95. The first kappa shape index (κ1) is 22.5. The highest BCUT2D eigenvalue weighted by atomic mass is 19.1. The first-order valence-corrected chi connectivity index (χ1v) is 11.6. The predicted molar refractivity (Wildman–Crippen MR) is 126 cm³/mol. The van der Waals surface area contributed by atoms with Crippen molar-refractivity contribution >= 4 is 11.6 Å². The minimum absolute atomic E-state index is 0.0105. The third-order valence-electron chi connectivity index (χ3n) is 6.44. The second-order valence-corrected chi connectivity index (χ2v) is 9.32. The molecule has 3 heterocycles. The Morgan fingerprint density at radius 3 is 2.71 bits per heavy atom. The molecule has 1 aliphatic carbocycles. The number of hydrogen-bond acceptors (Lipinski definition) is 5. The van der Waals surface area contributed by atoms with Gasteiger partial charge < -0.3 is 15.5 Å². The molecular formula is C25H28F2N6O. The molecule has 3 aromatic rings. The van der Waals surface area contributed by atoms with E-state index in [0.29, 0.717) is 17.8 Å². The summed E-state index contributed by atoms with van der Waals surface area (Å²) in [4.78, 5) is 18.8. The number of amides is 1. The number of piperidine rings is 1. The van der Waals surface area contributed by atoms with Crippen LogP contribution in [0.4, 0.5) is 14.5 Å². The molecule has 2 aromatic heterocycles. The van der Waals surface area contributed by atoms with Gasteiger partial charge in [0.05, 0.1) is 29.2 Å². The third kappa shape index (κ3) is 4.79. The Morgan fingerprint density at radius 1 is 1.12 bits per heavy atom. The SMILES string of the molecule is Cc1cc(F)c(C(=O)NC2CC2)cc1-n1cc(-c2cncc(N[C@@H]3CCN(C)C[C@@H]3F)c2)cn1. The number of benzene rings is 1. The molecular weight excluding hydrogens is 438 g/mol. The summed E-state index contributed by atoms with van der Waals surface area (Å²) in [6.45, 7) is 3.04. The lowest BCUT2D eigenvalue weighted by molar-refractivity contribution is 0.0947. The van der Waals surface area contributed by atoms with E-state index in [4.69, 9.17) is 0 Å². The van der Waals surface area contributed by atoms with Crippen molar-refractivity contribution < 1.29 is 13.6 Å². The first-order valence-electron chi connectivity index (χ1n) is 11.6. The second kappa shape index (κ2) is 9.13. The number of likely N-dealkylation sites (tertiary alicyclic amines) is 1. The van der Waals surface area contributed by atoms with Crippen molar-refractivity contribution in [2.24, 2.45) is 0 Å². The lowest BCUT2D eigenvalue weighted by atomic mass is 10.0. The van der Waals surface area contributed by atoms with E-state index in [1.54, 1.807) is 30.2 Å². The molecule has 1 amide bonds. The van der Waals surface area contributed by atoms with Gasteiger partial charge in [0, 0.05) is 48.8 Å². The van der Waals surface area contributed by atoms with Crippen LogP contribution in [0.25, 0.3) is 16.8 Å². The molecule has 9 heteroatoms. The zero-order chi connectivity index (χ0) is 23.8. The Bertz CT molecular complexity index is 1210. The number of rotatable bonds is 6. The number of pyridine rings is 1. The van der Waals surface area contributed by atoms with Crippen LogP contribution in [0.3, 0.4) is 0 Å². The quantitative estimate of drug-likeness (QED) is 0.579. The fourth-order valence-corrected chi connectivity index (χ4v) is 4.29. The average molecular weight is 467 g/mol. The van der Waals surface area contributed by atoms with Gasteiger partial charge in [-0.15, -0.1) is 0 Å². The van der Waals surface area contributed by atoms with E-state index in [1.165, 1.54) is 12.1 Å². The van der Waals surface area contributed by atoms with Crippen molar-refractivity contribution in [3.05, 3.63) is 59.9 Å². The number of hydrogen-bond donors (Lipinski definition) is 2. The van der Waals surface area contributed by atoms with E-state index < -0.39 is 17.9 Å². The van der Waals surface area contributed by atoms with Crippen molar-refractivity contribution in [1.82, 2.24) is 25.0 Å². The monoisotopic (exact) mass is 466 g/mol. The largest absolute Gasteiger partial charge is 0.378 e. The second-order valence-electron chi connectivity index (χ2n) is 9.32. The lowest BCUT2D eigenvalue weighted by Crippen LogP contribution is -2.46. The van der Waals surface area contributed by atoms with E-state index in [1.807, 2.05) is 24.2 Å². The summed E-state index contributed by atoms with van der Waals surface area (Å²) in [6, 6.07) is 4.71. The van der Waals surface area contributed by atoms with Crippen LogP contribution in [0.5, 0.6) is 0 Å². The molecule has 5 rings (SSSR count). The molecule has 1 aromatic carbocycles. The van der Waals surface area contributed by atoms with Crippen molar-refractivity contribution in [3.63, 3.8) is 0 Å². The Morgan fingerprint density at radius 2 is 1.94 bits per heavy atom. The molecule has 7 nitrogen and oxygen atoms in total. The Hall–Kier alpha value is -3.33. The normalized spacial score (nSPS) is 20.8. The van der Waals surface area contributed by atoms with Gasteiger partial charge in [-0.25, -0.2) is 13.5 Å². The van der Waals surface area contributed by atoms with Gasteiger partial charge in [0.15, 0.2) is 0 Å². The number of halogens is 2. The Balaban J connectivity index is 1.37. The number of carbonyl (C=O) groups excluding carboxylic acids is 1. The predicted octanol–water partition coefficient (Wildman–Crippen LogP) is 3.73. The Labute approximate surface area is 197 Å².